The maximum atomic E-state index is 10.3. The van der Waals surface area contributed by atoms with Crippen molar-refractivity contribution in [2.45, 2.75) is 6.54 Å². The molecule has 1 aromatic carbocycles. The Labute approximate surface area is 93.0 Å². The highest BCUT2D eigenvalue weighted by Gasteiger charge is 2.11. The third kappa shape index (κ3) is 2.64. The van der Waals surface area contributed by atoms with Crippen molar-refractivity contribution >= 4 is 5.97 Å². The molecule has 2 N–H and O–H groups in total. The number of hydrogen-bond donors (Lipinski definition) is 2. The van der Waals surface area contributed by atoms with Gasteiger partial charge in [0.15, 0.2) is 11.5 Å². The molecule has 0 aliphatic carbocycles. The van der Waals surface area contributed by atoms with Gasteiger partial charge < -0.3 is 19.9 Å². The van der Waals surface area contributed by atoms with Crippen molar-refractivity contribution in [2.75, 3.05) is 19.8 Å². The average Bonchev–Trinajstić information content (AvgIpc) is 2.28. The predicted molar refractivity (Wildman–Crippen MR) is 56.8 cm³/mol. The van der Waals surface area contributed by atoms with Gasteiger partial charge in [0.05, 0.1) is 6.54 Å². The molecule has 1 heterocycles. The molecule has 1 aromatic rings. The first-order chi connectivity index (χ1) is 7.75. The number of benzene rings is 1. The molecule has 1 aliphatic heterocycles. The van der Waals surface area contributed by atoms with E-state index in [1.165, 1.54) is 0 Å². The molecule has 0 saturated carbocycles. The van der Waals surface area contributed by atoms with Crippen LogP contribution < -0.4 is 14.8 Å². The lowest BCUT2D eigenvalue weighted by molar-refractivity contribution is -0.135. The number of ether oxygens (including phenoxy) is 2. The second-order valence-corrected chi connectivity index (χ2v) is 3.48. The summed E-state index contributed by atoms with van der Waals surface area (Å²) in [6, 6.07) is 5.60. The lowest BCUT2D eigenvalue weighted by atomic mass is 10.2. The largest absolute Gasteiger partial charge is 0.486 e. The Balaban J connectivity index is 1.97. The summed E-state index contributed by atoms with van der Waals surface area (Å²) in [6.07, 6.45) is 0. The molecule has 86 valence electrons. The van der Waals surface area contributed by atoms with Crippen LogP contribution in [0.5, 0.6) is 11.5 Å². The van der Waals surface area contributed by atoms with Crippen LogP contribution in [0.3, 0.4) is 0 Å². The van der Waals surface area contributed by atoms with E-state index in [0.29, 0.717) is 19.8 Å². The van der Waals surface area contributed by atoms with Crippen molar-refractivity contribution < 1.29 is 19.4 Å². The summed E-state index contributed by atoms with van der Waals surface area (Å²) in [5.74, 6) is 0.603. The van der Waals surface area contributed by atoms with Crippen molar-refractivity contribution in [3.05, 3.63) is 23.8 Å². The topological polar surface area (TPSA) is 67.8 Å². The first-order valence-electron chi connectivity index (χ1n) is 5.07. The predicted octanol–water partition coefficient (Wildman–Crippen LogP) is 0.632. The van der Waals surface area contributed by atoms with E-state index in [9.17, 15) is 4.79 Å². The minimum Gasteiger partial charge on any atom is -0.486 e. The lowest BCUT2D eigenvalue weighted by Gasteiger charge is -2.18. The van der Waals surface area contributed by atoms with Crippen LogP contribution in [0.1, 0.15) is 5.56 Å². The fourth-order valence-corrected chi connectivity index (χ4v) is 1.51. The van der Waals surface area contributed by atoms with Crippen LogP contribution in [-0.2, 0) is 11.3 Å². The summed E-state index contributed by atoms with van der Waals surface area (Å²) in [5.41, 5.74) is 0.977. The molecule has 5 heteroatoms. The molecule has 0 bridgehead atoms. The minimum absolute atomic E-state index is 0.0472. The van der Waals surface area contributed by atoms with Crippen LogP contribution in [0.4, 0.5) is 0 Å². The normalized spacial score (nSPS) is 13.5. The van der Waals surface area contributed by atoms with Gasteiger partial charge >= 0.3 is 5.97 Å². The number of fused-ring (bicyclic) bond motifs is 1. The Kier molecular flexibility index (Phi) is 3.26. The smallest absolute Gasteiger partial charge is 0.317 e. The average molecular weight is 223 g/mol. The second-order valence-electron chi connectivity index (χ2n) is 3.48. The zero-order valence-electron chi connectivity index (χ0n) is 8.73. The molecule has 0 atom stereocenters. The fourth-order valence-electron chi connectivity index (χ4n) is 1.51. The Morgan fingerprint density at radius 2 is 2.06 bits per heavy atom. The minimum atomic E-state index is -0.863. The van der Waals surface area contributed by atoms with E-state index < -0.39 is 5.97 Å². The van der Waals surface area contributed by atoms with Gasteiger partial charge in [0.25, 0.3) is 0 Å². The first-order valence-corrected chi connectivity index (χ1v) is 5.07. The number of carboxylic acids is 1. The third-order valence-electron chi connectivity index (χ3n) is 2.21. The van der Waals surface area contributed by atoms with E-state index in [0.717, 1.165) is 17.1 Å². The highest BCUT2D eigenvalue weighted by molar-refractivity contribution is 5.69. The summed E-state index contributed by atoms with van der Waals surface area (Å²) >= 11 is 0. The fraction of sp³-hybridized carbons (Fsp3) is 0.364. The van der Waals surface area contributed by atoms with E-state index in [2.05, 4.69) is 5.32 Å². The number of carboxylic acid groups (broad SMARTS) is 1. The molecule has 2 rings (SSSR count). The number of nitrogens with one attached hydrogen (secondary N) is 1. The molecule has 0 spiro atoms. The molecule has 16 heavy (non-hydrogen) atoms. The molecule has 0 aromatic heterocycles. The lowest BCUT2D eigenvalue weighted by Crippen LogP contribution is -2.22. The van der Waals surface area contributed by atoms with Gasteiger partial charge in [-0.25, -0.2) is 0 Å². The van der Waals surface area contributed by atoms with Gasteiger partial charge in [-0.2, -0.15) is 0 Å². The van der Waals surface area contributed by atoms with Crippen molar-refractivity contribution in [1.82, 2.24) is 5.32 Å². The number of hydrogen-bond acceptors (Lipinski definition) is 4. The Hall–Kier alpha value is -1.75. The summed E-state index contributed by atoms with van der Waals surface area (Å²) in [7, 11) is 0. The van der Waals surface area contributed by atoms with Crippen LogP contribution in [-0.4, -0.2) is 30.8 Å². The standard InChI is InChI=1S/C11H13NO4/c13-11(14)7-12-6-8-1-2-9-10(5-8)16-4-3-15-9/h1-2,5,12H,3-4,6-7H2,(H,13,14). The van der Waals surface area contributed by atoms with Crippen LogP contribution in [0.15, 0.2) is 18.2 Å². The maximum Gasteiger partial charge on any atom is 0.317 e. The van der Waals surface area contributed by atoms with Crippen LogP contribution in [0, 0.1) is 0 Å². The molecule has 0 amide bonds. The van der Waals surface area contributed by atoms with Crippen LogP contribution in [0.25, 0.3) is 0 Å². The van der Waals surface area contributed by atoms with Crippen molar-refractivity contribution in [3.8, 4) is 11.5 Å². The zero-order chi connectivity index (χ0) is 11.4. The second kappa shape index (κ2) is 4.85. The van der Waals surface area contributed by atoms with Gasteiger partial charge in [-0.1, -0.05) is 6.07 Å². The van der Waals surface area contributed by atoms with Crippen molar-refractivity contribution in [2.24, 2.45) is 0 Å². The SMILES string of the molecule is O=C(O)CNCc1ccc2c(c1)OCCO2. The molecule has 1 aliphatic rings. The Morgan fingerprint density at radius 3 is 2.81 bits per heavy atom. The summed E-state index contributed by atoms with van der Waals surface area (Å²) in [5, 5.41) is 11.3. The monoisotopic (exact) mass is 223 g/mol. The van der Waals surface area contributed by atoms with E-state index in [4.69, 9.17) is 14.6 Å². The van der Waals surface area contributed by atoms with Crippen LogP contribution >= 0.6 is 0 Å². The van der Waals surface area contributed by atoms with E-state index in [1.54, 1.807) is 0 Å². The van der Waals surface area contributed by atoms with Crippen LogP contribution in [0.2, 0.25) is 0 Å². The molecular weight excluding hydrogens is 210 g/mol. The van der Waals surface area contributed by atoms with E-state index in [1.807, 2.05) is 18.2 Å². The van der Waals surface area contributed by atoms with Crippen molar-refractivity contribution in [3.63, 3.8) is 0 Å². The van der Waals surface area contributed by atoms with Gasteiger partial charge in [-0.3, -0.25) is 4.79 Å². The molecule has 0 saturated heterocycles. The third-order valence-corrected chi connectivity index (χ3v) is 2.21. The molecule has 0 unspecified atom stereocenters. The van der Waals surface area contributed by atoms with E-state index in [-0.39, 0.29) is 6.54 Å². The highest BCUT2D eigenvalue weighted by atomic mass is 16.6. The first kappa shape index (κ1) is 10.8. The van der Waals surface area contributed by atoms with Gasteiger partial charge in [-0.05, 0) is 17.7 Å². The number of carbonyl (C=O) groups is 1. The molecule has 0 fully saturated rings. The Bertz CT molecular complexity index is 392. The summed E-state index contributed by atoms with van der Waals surface area (Å²) < 4.78 is 10.8. The molecule has 5 nitrogen and oxygen atoms in total. The summed E-state index contributed by atoms with van der Waals surface area (Å²) in [6.45, 7) is 1.58. The maximum absolute atomic E-state index is 10.3. The quantitative estimate of drug-likeness (QED) is 0.783. The summed E-state index contributed by atoms with van der Waals surface area (Å²) in [4.78, 5) is 10.3. The van der Waals surface area contributed by atoms with Gasteiger partial charge in [0.1, 0.15) is 13.2 Å². The molecule has 0 radical (unpaired) electrons. The Morgan fingerprint density at radius 1 is 1.31 bits per heavy atom. The van der Waals surface area contributed by atoms with Gasteiger partial charge in [-0.15, -0.1) is 0 Å². The van der Waals surface area contributed by atoms with Gasteiger partial charge in [0.2, 0.25) is 0 Å². The van der Waals surface area contributed by atoms with E-state index >= 15 is 0 Å². The molecular formula is C11H13NO4. The zero-order valence-corrected chi connectivity index (χ0v) is 8.73. The number of aliphatic carboxylic acids is 1. The van der Waals surface area contributed by atoms with Gasteiger partial charge in [0, 0.05) is 6.54 Å². The highest BCUT2D eigenvalue weighted by Crippen LogP contribution is 2.30. The van der Waals surface area contributed by atoms with Crippen molar-refractivity contribution in [1.29, 1.82) is 0 Å². The number of rotatable bonds is 4.